The molecule has 0 aliphatic heterocycles. The number of pyridine rings is 1. The van der Waals surface area contributed by atoms with E-state index in [9.17, 15) is 9.18 Å². The number of halogens is 1. The Kier molecular flexibility index (Phi) is 3.04. The van der Waals surface area contributed by atoms with E-state index in [-0.39, 0.29) is 17.3 Å². The Hall–Kier alpha value is -1.97. The number of esters is 1. The van der Waals surface area contributed by atoms with Crippen molar-refractivity contribution in [3.63, 3.8) is 0 Å². The van der Waals surface area contributed by atoms with Gasteiger partial charge in [0.1, 0.15) is 17.0 Å². The van der Waals surface area contributed by atoms with E-state index in [4.69, 9.17) is 4.74 Å². The van der Waals surface area contributed by atoms with Crippen LogP contribution in [0.3, 0.4) is 0 Å². The van der Waals surface area contributed by atoms with E-state index in [1.54, 1.807) is 32.0 Å². The van der Waals surface area contributed by atoms with E-state index in [2.05, 4.69) is 4.98 Å². The lowest BCUT2D eigenvalue weighted by Gasteiger charge is -2.07. The minimum Gasteiger partial charge on any atom is -0.458 e. The number of hydrogen-bond acceptors (Lipinski definition) is 3. The summed E-state index contributed by atoms with van der Waals surface area (Å²) in [7, 11) is 0. The SMILES string of the molecule is CC(C)OC(=O)c1ccc2cccc(F)c2n1. The fourth-order valence-electron chi connectivity index (χ4n) is 1.50. The summed E-state index contributed by atoms with van der Waals surface area (Å²) in [5, 5.41) is 0.658. The van der Waals surface area contributed by atoms with Crippen molar-refractivity contribution in [3.8, 4) is 0 Å². The summed E-state index contributed by atoms with van der Waals surface area (Å²) in [6.07, 6.45) is -0.222. The molecule has 0 N–H and O–H groups in total. The Labute approximate surface area is 98.2 Å². The highest BCUT2D eigenvalue weighted by atomic mass is 19.1. The Bertz CT molecular complexity index is 566. The van der Waals surface area contributed by atoms with Gasteiger partial charge < -0.3 is 4.74 Å². The van der Waals surface area contributed by atoms with Crippen LogP contribution in [0.1, 0.15) is 24.3 Å². The number of fused-ring (bicyclic) bond motifs is 1. The minimum atomic E-state index is -0.537. The maximum Gasteiger partial charge on any atom is 0.357 e. The minimum absolute atomic E-state index is 0.122. The molecule has 0 unspecified atom stereocenters. The third-order valence-corrected chi connectivity index (χ3v) is 2.22. The highest BCUT2D eigenvalue weighted by Crippen LogP contribution is 2.16. The average molecular weight is 233 g/mol. The van der Waals surface area contributed by atoms with Crippen molar-refractivity contribution in [2.24, 2.45) is 0 Å². The Balaban J connectivity index is 2.44. The van der Waals surface area contributed by atoms with Gasteiger partial charge in [-0.2, -0.15) is 0 Å². The number of hydrogen-bond donors (Lipinski definition) is 0. The van der Waals surface area contributed by atoms with Crippen molar-refractivity contribution in [2.45, 2.75) is 20.0 Å². The second-order valence-corrected chi connectivity index (χ2v) is 3.96. The smallest absolute Gasteiger partial charge is 0.357 e. The molecule has 0 fully saturated rings. The largest absolute Gasteiger partial charge is 0.458 e. The molecule has 0 radical (unpaired) electrons. The Morgan fingerprint density at radius 3 is 2.76 bits per heavy atom. The van der Waals surface area contributed by atoms with Gasteiger partial charge in [-0.15, -0.1) is 0 Å². The maximum atomic E-state index is 13.5. The highest BCUT2D eigenvalue weighted by molar-refractivity contribution is 5.91. The van der Waals surface area contributed by atoms with Crippen LogP contribution in [0.25, 0.3) is 10.9 Å². The fourth-order valence-corrected chi connectivity index (χ4v) is 1.50. The van der Waals surface area contributed by atoms with Crippen LogP contribution in [0, 0.1) is 5.82 Å². The summed E-state index contributed by atoms with van der Waals surface area (Å²) in [6.45, 7) is 3.50. The molecule has 0 spiro atoms. The molecule has 0 bridgehead atoms. The predicted molar refractivity (Wildman–Crippen MR) is 62.3 cm³/mol. The number of rotatable bonds is 2. The lowest BCUT2D eigenvalue weighted by atomic mass is 10.2. The summed E-state index contributed by atoms with van der Waals surface area (Å²) in [4.78, 5) is 15.6. The molecule has 0 amide bonds. The van der Waals surface area contributed by atoms with Crippen molar-refractivity contribution in [1.82, 2.24) is 4.98 Å². The maximum absolute atomic E-state index is 13.5. The molecule has 1 aromatic carbocycles. The molecule has 88 valence electrons. The van der Waals surface area contributed by atoms with Gasteiger partial charge in [0, 0.05) is 5.39 Å². The van der Waals surface area contributed by atoms with Gasteiger partial charge in [0.05, 0.1) is 6.10 Å². The normalized spacial score (nSPS) is 10.8. The molecular formula is C13H12FNO2. The van der Waals surface area contributed by atoms with Crippen LogP contribution in [0.15, 0.2) is 30.3 Å². The number of carbonyl (C=O) groups excluding carboxylic acids is 1. The second kappa shape index (κ2) is 4.49. The molecule has 17 heavy (non-hydrogen) atoms. The van der Waals surface area contributed by atoms with Crippen LogP contribution in [0.5, 0.6) is 0 Å². The third-order valence-electron chi connectivity index (χ3n) is 2.22. The topological polar surface area (TPSA) is 39.2 Å². The number of nitrogens with zero attached hydrogens (tertiary/aromatic N) is 1. The number of aromatic nitrogens is 1. The first-order valence-electron chi connectivity index (χ1n) is 5.34. The van der Waals surface area contributed by atoms with Crippen molar-refractivity contribution in [3.05, 3.63) is 41.8 Å². The monoisotopic (exact) mass is 233 g/mol. The summed E-state index contributed by atoms with van der Waals surface area (Å²) in [5.41, 5.74) is 0.307. The van der Waals surface area contributed by atoms with Crippen LogP contribution in [0.4, 0.5) is 4.39 Å². The van der Waals surface area contributed by atoms with Crippen LogP contribution >= 0.6 is 0 Å². The van der Waals surface area contributed by atoms with E-state index in [1.807, 2.05) is 0 Å². The van der Waals surface area contributed by atoms with E-state index in [0.29, 0.717) is 5.39 Å². The van der Waals surface area contributed by atoms with Crippen molar-refractivity contribution in [2.75, 3.05) is 0 Å². The molecule has 1 heterocycles. The predicted octanol–water partition coefficient (Wildman–Crippen LogP) is 2.94. The molecular weight excluding hydrogens is 221 g/mol. The van der Waals surface area contributed by atoms with Crippen LogP contribution < -0.4 is 0 Å². The van der Waals surface area contributed by atoms with Gasteiger partial charge in [-0.25, -0.2) is 14.2 Å². The molecule has 3 nitrogen and oxygen atoms in total. The van der Waals surface area contributed by atoms with Gasteiger partial charge in [0.2, 0.25) is 0 Å². The summed E-state index contributed by atoms with van der Waals surface area (Å²) in [6, 6.07) is 7.84. The second-order valence-electron chi connectivity index (χ2n) is 3.96. The molecule has 0 saturated heterocycles. The first-order valence-corrected chi connectivity index (χ1v) is 5.34. The van der Waals surface area contributed by atoms with Gasteiger partial charge in [0.15, 0.2) is 0 Å². The van der Waals surface area contributed by atoms with Crippen molar-refractivity contribution in [1.29, 1.82) is 0 Å². The number of carbonyl (C=O) groups is 1. The zero-order valence-electron chi connectivity index (χ0n) is 9.61. The molecule has 0 atom stereocenters. The van der Waals surface area contributed by atoms with Gasteiger partial charge >= 0.3 is 5.97 Å². The lowest BCUT2D eigenvalue weighted by Crippen LogP contribution is -2.13. The van der Waals surface area contributed by atoms with Crippen LogP contribution in [-0.4, -0.2) is 17.1 Å². The lowest BCUT2D eigenvalue weighted by molar-refractivity contribution is 0.0371. The van der Waals surface area contributed by atoms with E-state index < -0.39 is 11.8 Å². The van der Waals surface area contributed by atoms with E-state index in [0.717, 1.165) is 0 Å². The number of ether oxygens (including phenoxy) is 1. The molecule has 1 aromatic heterocycles. The zero-order chi connectivity index (χ0) is 12.4. The molecule has 0 aliphatic carbocycles. The molecule has 0 aliphatic rings. The third kappa shape index (κ3) is 2.41. The van der Waals surface area contributed by atoms with Gasteiger partial charge in [-0.05, 0) is 26.0 Å². The van der Waals surface area contributed by atoms with Gasteiger partial charge in [-0.1, -0.05) is 18.2 Å². The fraction of sp³-hybridized carbons (Fsp3) is 0.231. The molecule has 0 saturated carbocycles. The zero-order valence-corrected chi connectivity index (χ0v) is 9.61. The summed E-state index contributed by atoms with van der Waals surface area (Å²) < 4.78 is 18.5. The van der Waals surface area contributed by atoms with Gasteiger partial charge in [0.25, 0.3) is 0 Å². The van der Waals surface area contributed by atoms with Crippen molar-refractivity contribution >= 4 is 16.9 Å². The van der Waals surface area contributed by atoms with Gasteiger partial charge in [-0.3, -0.25) is 0 Å². The van der Waals surface area contributed by atoms with Crippen LogP contribution in [-0.2, 0) is 4.74 Å². The molecule has 2 aromatic rings. The summed E-state index contributed by atoms with van der Waals surface area (Å²) in [5.74, 6) is -0.980. The first kappa shape index (κ1) is 11.5. The highest BCUT2D eigenvalue weighted by Gasteiger charge is 2.12. The Morgan fingerprint density at radius 2 is 2.06 bits per heavy atom. The molecule has 2 rings (SSSR count). The average Bonchev–Trinajstić information content (AvgIpc) is 2.28. The van der Waals surface area contributed by atoms with E-state index in [1.165, 1.54) is 12.1 Å². The van der Waals surface area contributed by atoms with E-state index >= 15 is 0 Å². The Morgan fingerprint density at radius 1 is 1.29 bits per heavy atom. The number of benzene rings is 1. The summed E-state index contributed by atoms with van der Waals surface area (Å²) >= 11 is 0. The van der Waals surface area contributed by atoms with Crippen LogP contribution in [0.2, 0.25) is 0 Å². The van der Waals surface area contributed by atoms with Crippen molar-refractivity contribution < 1.29 is 13.9 Å². The molecule has 4 heteroatoms. The number of para-hydroxylation sites is 1. The standard InChI is InChI=1S/C13H12FNO2/c1-8(2)17-13(16)11-7-6-9-4-3-5-10(14)12(9)15-11/h3-8H,1-2H3. The first-order chi connectivity index (χ1) is 8.08. The quantitative estimate of drug-likeness (QED) is 0.748.